The van der Waals surface area contributed by atoms with Crippen molar-refractivity contribution in [2.75, 3.05) is 7.11 Å². The highest BCUT2D eigenvalue weighted by molar-refractivity contribution is 7.89. The van der Waals surface area contributed by atoms with Crippen LogP contribution in [0.3, 0.4) is 0 Å². The van der Waals surface area contributed by atoms with Crippen LogP contribution >= 0.6 is 11.3 Å². The molecule has 3 N–H and O–H groups in total. The molecular weight excluding hydrogens is 519 g/mol. The molecule has 5 rings (SSSR count). The number of carboxylic acids is 1. The third-order valence-corrected chi connectivity index (χ3v) is 7.94. The summed E-state index contributed by atoms with van der Waals surface area (Å²) in [5.74, 6) is -1.11. The van der Waals surface area contributed by atoms with Crippen molar-refractivity contribution in [3.05, 3.63) is 76.2 Å². The Bertz CT molecular complexity index is 1590. The van der Waals surface area contributed by atoms with Crippen LogP contribution in [0.25, 0.3) is 16.4 Å². The van der Waals surface area contributed by atoms with Gasteiger partial charge >= 0.3 is 5.97 Å². The van der Waals surface area contributed by atoms with Crippen molar-refractivity contribution in [2.45, 2.75) is 30.6 Å². The van der Waals surface area contributed by atoms with Crippen LogP contribution in [0.5, 0.6) is 5.75 Å². The van der Waals surface area contributed by atoms with E-state index in [4.69, 9.17) is 15.0 Å². The van der Waals surface area contributed by atoms with E-state index in [2.05, 4.69) is 4.98 Å². The third kappa shape index (κ3) is 5.26. The van der Waals surface area contributed by atoms with Gasteiger partial charge in [0.2, 0.25) is 15.2 Å². The fourth-order valence-corrected chi connectivity index (χ4v) is 5.41. The molecule has 37 heavy (non-hydrogen) atoms. The molecule has 0 amide bonds. The number of rotatable bonds is 9. The van der Waals surface area contributed by atoms with Gasteiger partial charge in [0.05, 0.1) is 23.4 Å². The monoisotopic (exact) mass is 542 g/mol. The molecule has 0 atom stereocenters. The zero-order valence-corrected chi connectivity index (χ0v) is 21.4. The van der Waals surface area contributed by atoms with Crippen molar-refractivity contribution in [3.63, 3.8) is 0 Å². The fraction of sp³-hybridized carbons (Fsp3) is 0.240. The zero-order chi connectivity index (χ0) is 26.3. The van der Waals surface area contributed by atoms with Crippen LogP contribution in [0.15, 0.2) is 52.7 Å². The SMILES string of the molecule is COc1cc(-c2c(Cc3ccc(S(N)(=O)=O)cc3)c(CC3CC3)nn2-c2nc(C(=O)O)cs2)ccc1F. The van der Waals surface area contributed by atoms with Crippen LogP contribution in [-0.2, 0) is 22.9 Å². The maximum absolute atomic E-state index is 14.3. The highest BCUT2D eigenvalue weighted by Gasteiger charge is 2.29. The smallest absolute Gasteiger partial charge is 0.355 e. The van der Waals surface area contributed by atoms with Gasteiger partial charge in [0, 0.05) is 22.9 Å². The first-order valence-corrected chi connectivity index (χ1v) is 13.8. The summed E-state index contributed by atoms with van der Waals surface area (Å²) in [5, 5.41) is 21.3. The van der Waals surface area contributed by atoms with Crippen LogP contribution in [0, 0.1) is 11.7 Å². The normalized spacial score (nSPS) is 13.6. The summed E-state index contributed by atoms with van der Waals surface area (Å²) in [6, 6.07) is 10.8. The molecule has 0 aliphatic heterocycles. The van der Waals surface area contributed by atoms with E-state index in [0.29, 0.717) is 28.7 Å². The van der Waals surface area contributed by atoms with E-state index in [0.717, 1.165) is 47.4 Å². The van der Waals surface area contributed by atoms with Crippen LogP contribution < -0.4 is 9.88 Å². The highest BCUT2D eigenvalue weighted by Crippen LogP contribution is 2.39. The molecule has 0 unspecified atom stereocenters. The number of methoxy groups -OCH3 is 1. The molecule has 1 saturated carbocycles. The standard InChI is InChI=1S/C25H23FN4O5S2/c1-35-22-12-16(6-9-19(22)26)23-18(10-14-4-7-17(8-5-14)37(27,33)34)20(11-15-2-3-15)29-30(23)25-28-21(13-36-25)24(31)32/h4-9,12-13,15H,2-3,10-11H2,1H3,(H,31,32)(H2,27,33,34). The van der Waals surface area contributed by atoms with Crippen LogP contribution in [-0.4, -0.2) is 41.4 Å². The summed E-state index contributed by atoms with van der Waals surface area (Å²) in [7, 11) is -2.45. The molecule has 1 fully saturated rings. The Labute approximate surface area is 216 Å². The van der Waals surface area contributed by atoms with Gasteiger partial charge in [0.25, 0.3) is 0 Å². The lowest BCUT2D eigenvalue weighted by Gasteiger charge is -2.11. The first-order chi connectivity index (χ1) is 17.6. The summed E-state index contributed by atoms with van der Waals surface area (Å²) in [6.45, 7) is 0. The second-order valence-electron chi connectivity index (χ2n) is 8.87. The van der Waals surface area contributed by atoms with Crippen molar-refractivity contribution in [2.24, 2.45) is 11.1 Å². The Balaban J connectivity index is 1.69. The molecule has 12 heteroatoms. The summed E-state index contributed by atoms with van der Waals surface area (Å²) in [5.41, 5.74) is 3.66. The minimum atomic E-state index is -3.83. The molecule has 4 aromatic rings. The number of nitrogens with two attached hydrogens (primary N) is 1. The molecule has 0 saturated heterocycles. The van der Waals surface area contributed by atoms with Gasteiger partial charge in [-0.15, -0.1) is 11.3 Å². The van der Waals surface area contributed by atoms with Crippen molar-refractivity contribution in [3.8, 4) is 22.1 Å². The number of aromatic nitrogens is 3. The van der Waals surface area contributed by atoms with Crippen molar-refractivity contribution in [1.29, 1.82) is 0 Å². The van der Waals surface area contributed by atoms with Gasteiger partial charge < -0.3 is 9.84 Å². The van der Waals surface area contributed by atoms with Gasteiger partial charge in [-0.1, -0.05) is 12.1 Å². The second-order valence-corrected chi connectivity index (χ2v) is 11.3. The predicted molar refractivity (Wildman–Crippen MR) is 135 cm³/mol. The van der Waals surface area contributed by atoms with Crippen LogP contribution in [0.1, 0.15) is 40.2 Å². The molecule has 2 aromatic heterocycles. The summed E-state index contributed by atoms with van der Waals surface area (Å²) in [6.07, 6.45) is 3.31. The van der Waals surface area contributed by atoms with Gasteiger partial charge in [0.1, 0.15) is 0 Å². The number of aromatic carboxylic acids is 1. The third-order valence-electron chi connectivity index (χ3n) is 6.20. The molecule has 192 valence electrons. The number of thiazole rings is 1. The van der Waals surface area contributed by atoms with Gasteiger partial charge in [-0.25, -0.2) is 32.4 Å². The minimum Gasteiger partial charge on any atom is -0.494 e. The first kappa shape index (κ1) is 25.1. The van der Waals surface area contributed by atoms with Gasteiger partial charge in [-0.05, 0) is 61.1 Å². The maximum Gasteiger partial charge on any atom is 0.355 e. The van der Waals surface area contributed by atoms with E-state index in [-0.39, 0.29) is 16.3 Å². The molecular formula is C25H23FN4O5S2. The number of halogens is 1. The maximum atomic E-state index is 14.3. The van der Waals surface area contributed by atoms with Gasteiger partial charge in [0.15, 0.2) is 17.3 Å². The van der Waals surface area contributed by atoms with Gasteiger partial charge in [-0.3, -0.25) is 0 Å². The lowest BCUT2D eigenvalue weighted by atomic mass is 9.97. The summed E-state index contributed by atoms with van der Waals surface area (Å²) >= 11 is 1.14. The van der Waals surface area contributed by atoms with Crippen LogP contribution in [0.4, 0.5) is 4.39 Å². The number of carbonyl (C=O) groups is 1. The number of primary sulfonamides is 1. The molecule has 9 nitrogen and oxygen atoms in total. The largest absolute Gasteiger partial charge is 0.494 e. The fourth-order valence-electron chi connectivity index (χ4n) is 4.14. The zero-order valence-electron chi connectivity index (χ0n) is 19.7. The molecule has 2 aromatic carbocycles. The molecule has 1 aliphatic rings. The topological polar surface area (TPSA) is 137 Å². The minimum absolute atomic E-state index is 0.0117. The Kier molecular flexibility index (Phi) is 6.56. The number of carboxylic acid groups (broad SMARTS) is 1. The number of sulfonamides is 1. The van der Waals surface area contributed by atoms with Crippen molar-refractivity contribution < 1.29 is 27.4 Å². The Hall–Kier alpha value is -3.61. The highest BCUT2D eigenvalue weighted by atomic mass is 32.2. The van der Waals surface area contributed by atoms with E-state index >= 15 is 0 Å². The van der Waals surface area contributed by atoms with E-state index in [1.165, 1.54) is 30.7 Å². The Morgan fingerprint density at radius 1 is 1.24 bits per heavy atom. The number of ether oxygens (including phenoxy) is 1. The van der Waals surface area contributed by atoms with Crippen molar-refractivity contribution in [1.82, 2.24) is 14.8 Å². The van der Waals surface area contributed by atoms with E-state index < -0.39 is 21.8 Å². The molecule has 0 radical (unpaired) electrons. The molecule has 0 bridgehead atoms. The van der Waals surface area contributed by atoms with Crippen LogP contribution in [0.2, 0.25) is 0 Å². The average molecular weight is 543 g/mol. The Morgan fingerprint density at radius 2 is 1.97 bits per heavy atom. The first-order valence-electron chi connectivity index (χ1n) is 11.4. The Morgan fingerprint density at radius 3 is 2.57 bits per heavy atom. The number of hydrogen-bond donors (Lipinski definition) is 2. The number of nitrogens with zero attached hydrogens (tertiary/aromatic N) is 3. The summed E-state index contributed by atoms with van der Waals surface area (Å²) < 4.78 is 44.5. The molecule has 2 heterocycles. The van der Waals surface area contributed by atoms with E-state index in [9.17, 15) is 22.7 Å². The van der Waals surface area contributed by atoms with E-state index in [1.807, 2.05) is 0 Å². The van der Waals surface area contributed by atoms with Gasteiger partial charge in [-0.2, -0.15) is 5.10 Å². The number of hydrogen-bond acceptors (Lipinski definition) is 7. The lowest BCUT2D eigenvalue weighted by Crippen LogP contribution is -2.11. The van der Waals surface area contributed by atoms with Crippen molar-refractivity contribution >= 4 is 27.3 Å². The second kappa shape index (κ2) is 9.69. The summed E-state index contributed by atoms with van der Waals surface area (Å²) in [4.78, 5) is 15.8. The molecule has 0 spiro atoms. The molecule has 1 aliphatic carbocycles. The average Bonchev–Trinajstić information content (AvgIpc) is 3.41. The number of benzene rings is 2. The lowest BCUT2D eigenvalue weighted by molar-refractivity contribution is 0.0691. The predicted octanol–water partition coefficient (Wildman–Crippen LogP) is 4.03. The quantitative estimate of drug-likeness (QED) is 0.326. The van der Waals surface area contributed by atoms with E-state index in [1.54, 1.807) is 28.9 Å².